The molecule has 0 spiro atoms. The minimum Gasteiger partial charge on any atom is -0.379 e. The van der Waals surface area contributed by atoms with Crippen molar-refractivity contribution in [1.82, 2.24) is 15.2 Å². The third kappa shape index (κ3) is 3.78. The number of nitrogens with zero attached hydrogens (tertiary/aromatic N) is 2. The van der Waals surface area contributed by atoms with E-state index in [0.29, 0.717) is 12.2 Å². The molecule has 5 heteroatoms. The molecular formula is C13H19N3O2. The van der Waals surface area contributed by atoms with Crippen LogP contribution in [-0.2, 0) is 4.74 Å². The van der Waals surface area contributed by atoms with Crippen LogP contribution < -0.4 is 5.32 Å². The number of hydrogen-bond acceptors (Lipinski definition) is 4. The van der Waals surface area contributed by atoms with Gasteiger partial charge in [0.1, 0.15) is 5.69 Å². The summed E-state index contributed by atoms with van der Waals surface area (Å²) < 4.78 is 5.27. The zero-order chi connectivity index (χ0) is 12.8. The zero-order valence-corrected chi connectivity index (χ0v) is 10.7. The van der Waals surface area contributed by atoms with Crippen LogP contribution in [0.5, 0.6) is 0 Å². The quantitative estimate of drug-likeness (QED) is 0.842. The van der Waals surface area contributed by atoms with Crippen molar-refractivity contribution in [2.24, 2.45) is 0 Å². The summed E-state index contributed by atoms with van der Waals surface area (Å²) in [6.45, 7) is 6.92. The van der Waals surface area contributed by atoms with E-state index in [1.807, 2.05) is 13.0 Å². The highest BCUT2D eigenvalue weighted by atomic mass is 16.5. The lowest BCUT2D eigenvalue weighted by atomic mass is 10.2. The van der Waals surface area contributed by atoms with Crippen molar-refractivity contribution in [3.05, 3.63) is 29.6 Å². The second-order valence-corrected chi connectivity index (χ2v) is 4.43. The summed E-state index contributed by atoms with van der Waals surface area (Å²) in [5.41, 5.74) is 1.53. The lowest BCUT2D eigenvalue weighted by molar-refractivity contribution is 0.0383. The van der Waals surface area contributed by atoms with Gasteiger partial charge in [0.15, 0.2) is 0 Å². The van der Waals surface area contributed by atoms with Gasteiger partial charge in [-0.15, -0.1) is 0 Å². The van der Waals surface area contributed by atoms with Gasteiger partial charge in [0.05, 0.1) is 13.2 Å². The van der Waals surface area contributed by atoms with Gasteiger partial charge in [0.25, 0.3) is 5.91 Å². The third-order valence-corrected chi connectivity index (χ3v) is 2.97. The maximum atomic E-state index is 11.8. The highest BCUT2D eigenvalue weighted by Crippen LogP contribution is 2.00. The average molecular weight is 249 g/mol. The normalized spacial score (nSPS) is 16.5. The molecule has 2 rings (SSSR count). The molecule has 0 unspecified atom stereocenters. The molecule has 1 N–H and O–H groups in total. The Morgan fingerprint density at radius 2 is 2.28 bits per heavy atom. The van der Waals surface area contributed by atoms with E-state index in [1.165, 1.54) is 0 Å². The molecule has 1 aromatic rings. The van der Waals surface area contributed by atoms with Crippen LogP contribution in [0.1, 0.15) is 16.1 Å². The summed E-state index contributed by atoms with van der Waals surface area (Å²) >= 11 is 0. The second-order valence-electron chi connectivity index (χ2n) is 4.43. The van der Waals surface area contributed by atoms with E-state index in [-0.39, 0.29) is 5.91 Å². The Hall–Kier alpha value is -1.46. The Morgan fingerprint density at radius 3 is 3.00 bits per heavy atom. The van der Waals surface area contributed by atoms with Crippen molar-refractivity contribution in [3.8, 4) is 0 Å². The van der Waals surface area contributed by atoms with Crippen molar-refractivity contribution < 1.29 is 9.53 Å². The summed E-state index contributed by atoms with van der Waals surface area (Å²) in [5.74, 6) is -0.105. The molecule has 0 bridgehead atoms. The molecule has 1 aliphatic heterocycles. The SMILES string of the molecule is Cc1ccnc(C(=O)NCCN2CCOCC2)c1. The first-order valence-corrected chi connectivity index (χ1v) is 6.26. The van der Waals surface area contributed by atoms with Crippen LogP contribution in [0.25, 0.3) is 0 Å². The van der Waals surface area contributed by atoms with E-state index in [2.05, 4.69) is 15.2 Å². The van der Waals surface area contributed by atoms with E-state index < -0.39 is 0 Å². The molecule has 0 aliphatic carbocycles. The Balaban J connectivity index is 1.74. The molecule has 1 fully saturated rings. The highest BCUT2D eigenvalue weighted by molar-refractivity contribution is 5.92. The van der Waals surface area contributed by atoms with Crippen molar-refractivity contribution in [3.63, 3.8) is 0 Å². The molecule has 98 valence electrons. The largest absolute Gasteiger partial charge is 0.379 e. The highest BCUT2D eigenvalue weighted by Gasteiger charge is 2.11. The first-order valence-electron chi connectivity index (χ1n) is 6.26. The molecule has 1 aliphatic rings. The summed E-state index contributed by atoms with van der Waals surface area (Å²) in [6, 6.07) is 3.68. The number of carbonyl (C=O) groups is 1. The van der Waals surface area contributed by atoms with Crippen molar-refractivity contribution in [2.45, 2.75) is 6.92 Å². The fourth-order valence-electron chi connectivity index (χ4n) is 1.90. The van der Waals surface area contributed by atoms with Crippen molar-refractivity contribution in [1.29, 1.82) is 0 Å². The van der Waals surface area contributed by atoms with Crippen molar-refractivity contribution in [2.75, 3.05) is 39.4 Å². The molecule has 18 heavy (non-hydrogen) atoms. The van der Waals surface area contributed by atoms with Crippen LogP contribution >= 0.6 is 0 Å². The van der Waals surface area contributed by atoms with Gasteiger partial charge in [0.2, 0.25) is 0 Å². The number of carbonyl (C=O) groups excluding carboxylic acids is 1. The van der Waals surface area contributed by atoms with E-state index in [9.17, 15) is 4.79 Å². The molecule has 0 radical (unpaired) electrons. The molecule has 2 heterocycles. The van der Waals surface area contributed by atoms with Crippen LogP contribution in [0.2, 0.25) is 0 Å². The molecule has 0 aromatic carbocycles. The van der Waals surface area contributed by atoms with Gasteiger partial charge in [-0.2, -0.15) is 0 Å². The number of rotatable bonds is 4. The monoisotopic (exact) mass is 249 g/mol. The predicted molar refractivity (Wildman–Crippen MR) is 68.6 cm³/mol. The number of morpholine rings is 1. The topological polar surface area (TPSA) is 54.5 Å². The third-order valence-electron chi connectivity index (χ3n) is 2.97. The van der Waals surface area contributed by atoms with E-state index in [1.54, 1.807) is 12.3 Å². The van der Waals surface area contributed by atoms with Crippen LogP contribution in [0.3, 0.4) is 0 Å². The lowest BCUT2D eigenvalue weighted by Crippen LogP contribution is -2.41. The Bertz CT molecular complexity index is 403. The summed E-state index contributed by atoms with van der Waals surface area (Å²) in [7, 11) is 0. The predicted octanol–water partition coefficient (Wildman–Crippen LogP) is 0.452. The summed E-state index contributed by atoms with van der Waals surface area (Å²) in [4.78, 5) is 18.2. The molecule has 0 saturated carbocycles. The standard InChI is InChI=1S/C13H19N3O2/c1-11-2-3-14-12(10-11)13(17)15-4-5-16-6-8-18-9-7-16/h2-3,10H,4-9H2,1H3,(H,15,17). The van der Waals surface area contributed by atoms with E-state index >= 15 is 0 Å². The maximum absolute atomic E-state index is 11.8. The Kier molecular flexibility index (Phi) is 4.66. The fraction of sp³-hybridized carbons (Fsp3) is 0.538. The molecule has 1 saturated heterocycles. The Labute approximate surface area is 107 Å². The Morgan fingerprint density at radius 1 is 1.50 bits per heavy atom. The number of hydrogen-bond donors (Lipinski definition) is 1. The first-order chi connectivity index (χ1) is 8.75. The molecule has 0 atom stereocenters. The second kappa shape index (κ2) is 6.47. The average Bonchev–Trinajstić information content (AvgIpc) is 2.40. The smallest absolute Gasteiger partial charge is 0.269 e. The van der Waals surface area contributed by atoms with Gasteiger partial charge in [-0.1, -0.05) is 0 Å². The molecule has 1 amide bonds. The molecule has 5 nitrogen and oxygen atoms in total. The minimum atomic E-state index is -0.105. The fourth-order valence-corrected chi connectivity index (χ4v) is 1.90. The number of aromatic nitrogens is 1. The number of amides is 1. The number of nitrogens with one attached hydrogen (secondary N) is 1. The van der Waals surface area contributed by atoms with Gasteiger partial charge < -0.3 is 10.1 Å². The number of aryl methyl sites for hydroxylation is 1. The molecule has 1 aromatic heterocycles. The van der Waals surface area contributed by atoms with Crippen molar-refractivity contribution >= 4 is 5.91 Å². The number of ether oxygens (including phenoxy) is 1. The van der Waals surface area contributed by atoms with Gasteiger partial charge in [-0.05, 0) is 24.6 Å². The minimum absolute atomic E-state index is 0.105. The maximum Gasteiger partial charge on any atom is 0.269 e. The van der Waals surface area contributed by atoms with Gasteiger partial charge >= 0.3 is 0 Å². The lowest BCUT2D eigenvalue weighted by Gasteiger charge is -2.26. The summed E-state index contributed by atoms with van der Waals surface area (Å²) in [5, 5.41) is 2.89. The van der Waals surface area contributed by atoms with Crippen LogP contribution in [0.4, 0.5) is 0 Å². The number of pyridine rings is 1. The van der Waals surface area contributed by atoms with E-state index in [4.69, 9.17) is 4.74 Å². The van der Waals surface area contributed by atoms with Crippen LogP contribution in [0, 0.1) is 6.92 Å². The van der Waals surface area contributed by atoms with Crippen LogP contribution in [-0.4, -0.2) is 55.2 Å². The van der Waals surface area contributed by atoms with Gasteiger partial charge in [-0.3, -0.25) is 14.7 Å². The van der Waals surface area contributed by atoms with E-state index in [0.717, 1.165) is 38.4 Å². The van der Waals surface area contributed by atoms with Gasteiger partial charge in [0, 0.05) is 32.4 Å². The summed E-state index contributed by atoms with van der Waals surface area (Å²) in [6.07, 6.45) is 1.66. The zero-order valence-electron chi connectivity index (χ0n) is 10.7. The van der Waals surface area contributed by atoms with Gasteiger partial charge in [-0.25, -0.2) is 0 Å². The van der Waals surface area contributed by atoms with Crippen LogP contribution in [0.15, 0.2) is 18.3 Å². The first kappa shape index (κ1) is 13.0. The molecular weight excluding hydrogens is 230 g/mol.